The second-order valence-electron chi connectivity index (χ2n) is 6.37. The van der Waals surface area contributed by atoms with Gasteiger partial charge in [-0.1, -0.05) is 18.2 Å². The Balaban J connectivity index is 1.77. The molecule has 3 N–H and O–H groups in total. The van der Waals surface area contributed by atoms with Crippen LogP contribution in [0.3, 0.4) is 0 Å². The van der Waals surface area contributed by atoms with E-state index in [9.17, 15) is 8.42 Å². The number of hydrogen-bond acceptors (Lipinski definition) is 4. The zero-order valence-corrected chi connectivity index (χ0v) is 17.3. The van der Waals surface area contributed by atoms with E-state index >= 15 is 0 Å². The fraction of sp³-hybridized carbons (Fsp3) is 0.611. The fourth-order valence-corrected chi connectivity index (χ4v) is 4.25. The van der Waals surface area contributed by atoms with Gasteiger partial charge in [0.25, 0.3) is 0 Å². The van der Waals surface area contributed by atoms with Gasteiger partial charge in [-0.15, -0.1) is 11.8 Å². The van der Waals surface area contributed by atoms with Crippen LogP contribution in [0.5, 0.6) is 0 Å². The predicted octanol–water partition coefficient (Wildman–Crippen LogP) is 2.20. The van der Waals surface area contributed by atoms with Crippen molar-refractivity contribution in [1.82, 2.24) is 15.4 Å². The van der Waals surface area contributed by atoms with Gasteiger partial charge in [0.2, 0.25) is 10.0 Å². The number of thioether (sulfide) groups is 1. The van der Waals surface area contributed by atoms with Crippen molar-refractivity contribution >= 4 is 27.7 Å². The summed E-state index contributed by atoms with van der Waals surface area (Å²) in [6.07, 6.45) is 3.09. The molecule has 1 fully saturated rings. The first-order chi connectivity index (χ1) is 12.5. The Labute approximate surface area is 161 Å². The number of sulfonamides is 1. The standard InChI is InChI=1S/C18H30N4O2S2/c1-3-19-17(20-13-8-14-22-26(23,24)4-2)21-15-18(11-12-18)25-16-9-6-5-7-10-16/h5-7,9-10,22H,3-4,8,11-15H2,1-2H3,(H2,19,20,21). The smallest absolute Gasteiger partial charge is 0.211 e. The first kappa shape index (κ1) is 21.1. The van der Waals surface area contributed by atoms with Crippen molar-refractivity contribution in [3.05, 3.63) is 30.3 Å². The average molecular weight is 399 g/mol. The molecule has 0 saturated heterocycles. The van der Waals surface area contributed by atoms with Crippen LogP contribution in [0.15, 0.2) is 40.2 Å². The number of nitrogens with zero attached hydrogens (tertiary/aromatic N) is 1. The monoisotopic (exact) mass is 398 g/mol. The number of aliphatic imine (C=N–C) groups is 1. The lowest BCUT2D eigenvalue weighted by Gasteiger charge is -2.15. The maximum Gasteiger partial charge on any atom is 0.211 e. The number of guanidine groups is 1. The normalized spacial score (nSPS) is 16.3. The first-order valence-corrected chi connectivity index (χ1v) is 11.7. The van der Waals surface area contributed by atoms with Crippen molar-refractivity contribution < 1.29 is 8.42 Å². The highest BCUT2D eigenvalue weighted by Crippen LogP contribution is 2.51. The third kappa shape index (κ3) is 7.55. The van der Waals surface area contributed by atoms with Crippen molar-refractivity contribution in [3.8, 4) is 0 Å². The maximum absolute atomic E-state index is 11.4. The molecular formula is C18H30N4O2S2. The van der Waals surface area contributed by atoms with E-state index in [0.717, 1.165) is 19.0 Å². The molecule has 0 amide bonds. The lowest BCUT2D eigenvalue weighted by atomic mass is 10.4. The van der Waals surface area contributed by atoms with Crippen LogP contribution in [0, 0.1) is 0 Å². The Bertz CT molecular complexity index is 674. The van der Waals surface area contributed by atoms with E-state index in [1.807, 2.05) is 24.8 Å². The van der Waals surface area contributed by atoms with Crippen LogP contribution in [0.2, 0.25) is 0 Å². The Hall–Kier alpha value is -1.25. The minimum atomic E-state index is -3.11. The fourth-order valence-electron chi connectivity index (χ4n) is 2.36. The molecular weight excluding hydrogens is 368 g/mol. The molecule has 1 aliphatic carbocycles. The van der Waals surface area contributed by atoms with Crippen molar-refractivity contribution in [2.75, 3.05) is 31.9 Å². The van der Waals surface area contributed by atoms with E-state index in [-0.39, 0.29) is 10.5 Å². The Kier molecular flexibility index (Phi) is 8.24. The maximum atomic E-state index is 11.4. The molecule has 0 heterocycles. The molecule has 0 aromatic heterocycles. The third-order valence-corrected chi connectivity index (χ3v) is 6.99. The van der Waals surface area contributed by atoms with Gasteiger partial charge >= 0.3 is 0 Å². The second kappa shape index (κ2) is 10.2. The molecule has 1 aliphatic rings. The van der Waals surface area contributed by atoms with E-state index in [4.69, 9.17) is 4.99 Å². The highest BCUT2D eigenvalue weighted by Gasteiger charge is 2.43. The van der Waals surface area contributed by atoms with E-state index in [0.29, 0.717) is 19.5 Å². The zero-order chi connectivity index (χ0) is 18.9. The zero-order valence-electron chi connectivity index (χ0n) is 15.6. The van der Waals surface area contributed by atoms with Crippen LogP contribution in [-0.2, 0) is 10.0 Å². The quantitative estimate of drug-likeness (QED) is 0.302. The highest BCUT2D eigenvalue weighted by atomic mass is 32.2. The van der Waals surface area contributed by atoms with Crippen LogP contribution in [0.4, 0.5) is 0 Å². The predicted molar refractivity (Wildman–Crippen MR) is 110 cm³/mol. The largest absolute Gasteiger partial charge is 0.357 e. The summed E-state index contributed by atoms with van der Waals surface area (Å²) in [6, 6.07) is 10.5. The highest BCUT2D eigenvalue weighted by molar-refractivity contribution is 8.01. The molecule has 0 bridgehead atoms. The lowest BCUT2D eigenvalue weighted by molar-refractivity contribution is 0.579. The topological polar surface area (TPSA) is 82.6 Å². The Morgan fingerprint density at radius 2 is 1.88 bits per heavy atom. The van der Waals surface area contributed by atoms with Crippen LogP contribution in [0.25, 0.3) is 0 Å². The summed E-state index contributed by atoms with van der Waals surface area (Å²) in [5.41, 5.74) is 0. The van der Waals surface area contributed by atoms with Crippen LogP contribution in [-0.4, -0.2) is 51.1 Å². The van der Waals surface area contributed by atoms with Crippen LogP contribution >= 0.6 is 11.8 Å². The summed E-state index contributed by atoms with van der Waals surface area (Å²) in [6.45, 7) is 6.38. The third-order valence-electron chi connectivity index (χ3n) is 4.10. The number of hydrogen-bond donors (Lipinski definition) is 3. The molecule has 26 heavy (non-hydrogen) atoms. The number of rotatable bonds is 11. The molecule has 0 atom stereocenters. The molecule has 146 valence electrons. The van der Waals surface area contributed by atoms with Gasteiger partial charge < -0.3 is 10.6 Å². The van der Waals surface area contributed by atoms with Gasteiger partial charge in [0.15, 0.2) is 5.96 Å². The molecule has 1 saturated carbocycles. The molecule has 1 aromatic rings. The minimum absolute atomic E-state index is 0.117. The van der Waals surface area contributed by atoms with Crippen molar-refractivity contribution in [2.45, 2.75) is 42.8 Å². The second-order valence-corrected chi connectivity index (χ2v) is 10.0. The van der Waals surface area contributed by atoms with Gasteiger partial charge in [-0.3, -0.25) is 4.99 Å². The van der Waals surface area contributed by atoms with E-state index in [1.165, 1.54) is 17.7 Å². The van der Waals surface area contributed by atoms with Crippen molar-refractivity contribution in [1.29, 1.82) is 0 Å². The van der Waals surface area contributed by atoms with Crippen molar-refractivity contribution in [3.63, 3.8) is 0 Å². The van der Waals surface area contributed by atoms with Gasteiger partial charge in [-0.25, -0.2) is 13.1 Å². The molecule has 0 unspecified atom stereocenters. The van der Waals surface area contributed by atoms with Gasteiger partial charge in [0.05, 0.1) is 12.3 Å². The van der Waals surface area contributed by atoms with E-state index in [2.05, 4.69) is 39.6 Å². The summed E-state index contributed by atoms with van der Waals surface area (Å²) in [5.74, 6) is 0.914. The summed E-state index contributed by atoms with van der Waals surface area (Å²) in [5, 5.41) is 6.54. The molecule has 8 heteroatoms. The van der Waals surface area contributed by atoms with Crippen molar-refractivity contribution in [2.24, 2.45) is 4.99 Å². The Morgan fingerprint density at radius 3 is 2.50 bits per heavy atom. The molecule has 2 rings (SSSR count). The number of nitrogens with one attached hydrogen (secondary N) is 3. The SMILES string of the molecule is CCNC(=NCC1(Sc2ccccc2)CC1)NCCCNS(=O)(=O)CC. The summed E-state index contributed by atoms with van der Waals surface area (Å²) in [7, 11) is -3.11. The molecule has 0 aliphatic heterocycles. The van der Waals surface area contributed by atoms with E-state index in [1.54, 1.807) is 6.92 Å². The van der Waals surface area contributed by atoms with Crippen LogP contribution < -0.4 is 15.4 Å². The molecule has 1 aromatic carbocycles. The molecule has 6 nitrogen and oxygen atoms in total. The summed E-state index contributed by atoms with van der Waals surface area (Å²) >= 11 is 1.91. The Morgan fingerprint density at radius 1 is 1.15 bits per heavy atom. The number of benzene rings is 1. The first-order valence-electron chi connectivity index (χ1n) is 9.22. The van der Waals surface area contributed by atoms with Gasteiger partial charge in [-0.2, -0.15) is 0 Å². The molecule has 0 spiro atoms. The summed E-state index contributed by atoms with van der Waals surface area (Å²) < 4.78 is 25.6. The molecule has 0 radical (unpaired) electrons. The minimum Gasteiger partial charge on any atom is -0.357 e. The van der Waals surface area contributed by atoms with Gasteiger partial charge in [-0.05, 0) is 45.2 Å². The van der Waals surface area contributed by atoms with Gasteiger partial charge in [0, 0.05) is 29.3 Å². The van der Waals surface area contributed by atoms with Gasteiger partial charge in [0.1, 0.15) is 0 Å². The summed E-state index contributed by atoms with van der Waals surface area (Å²) in [4.78, 5) is 6.03. The van der Waals surface area contributed by atoms with E-state index < -0.39 is 10.0 Å². The average Bonchev–Trinajstić information content (AvgIpc) is 3.40. The van der Waals surface area contributed by atoms with Crippen LogP contribution in [0.1, 0.15) is 33.1 Å². The lowest BCUT2D eigenvalue weighted by Crippen LogP contribution is -2.39.